The van der Waals surface area contributed by atoms with Gasteiger partial charge in [-0.3, -0.25) is 4.68 Å². The summed E-state index contributed by atoms with van der Waals surface area (Å²) in [5.41, 5.74) is 1.21. The number of rotatable bonds is 5. The van der Waals surface area contributed by atoms with Crippen molar-refractivity contribution in [1.29, 1.82) is 0 Å². The highest BCUT2D eigenvalue weighted by Gasteiger charge is 2.32. The predicted octanol–water partition coefficient (Wildman–Crippen LogP) is 0.667. The van der Waals surface area contributed by atoms with Crippen molar-refractivity contribution >= 4 is 10.0 Å². The van der Waals surface area contributed by atoms with Crippen molar-refractivity contribution in [1.82, 2.24) is 14.1 Å². The number of sulfonamides is 1. The highest BCUT2D eigenvalue weighted by molar-refractivity contribution is 7.89. The van der Waals surface area contributed by atoms with Crippen LogP contribution >= 0.6 is 0 Å². The maximum atomic E-state index is 12.6. The van der Waals surface area contributed by atoms with Gasteiger partial charge in [-0.15, -0.1) is 0 Å². The van der Waals surface area contributed by atoms with E-state index in [4.69, 9.17) is 5.11 Å². The maximum Gasteiger partial charge on any atom is 0.246 e. The molecule has 0 bridgehead atoms. The van der Waals surface area contributed by atoms with Crippen molar-refractivity contribution in [3.05, 3.63) is 11.4 Å². The largest absolute Gasteiger partial charge is 0.396 e. The van der Waals surface area contributed by atoms with E-state index in [1.54, 1.807) is 22.8 Å². The second-order valence-corrected chi connectivity index (χ2v) is 6.79. The first kappa shape index (κ1) is 14.5. The van der Waals surface area contributed by atoms with Crippen LogP contribution in [0.5, 0.6) is 0 Å². The number of aliphatic hydroxyl groups excluding tert-OH is 1. The third-order valence-electron chi connectivity index (χ3n) is 3.51. The maximum absolute atomic E-state index is 12.6. The van der Waals surface area contributed by atoms with Gasteiger partial charge in [-0.2, -0.15) is 9.40 Å². The number of aliphatic hydroxyl groups is 1. The highest BCUT2D eigenvalue weighted by atomic mass is 32.2. The molecule has 6 nitrogen and oxygen atoms in total. The van der Waals surface area contributed by atoms with Crippen LogP contribution in [0.2, 0.25) is 0 Å². The summed E-state index contributed by atoms with van der Waals surface area (Å²) in [5, 5.41) is 13.1. The van der Waals surface area contributed by atoms with E-state index < -0.39 is 10.0 Å². The summed E-state index contributed by atoms with van der Waals surface area (Å²) in [4.78, 5) is 0.340. The van der Waals surface area contributed by atoms with Gasteiger partial charge in [0.15, 0.2) is 0 Å². The lowest BCUT2D eigenvalue weighted by atomic mass is 10.4. The zero-order chi connectivity index (χ0) is 14.0. The Morgan fingerprint density at radius 2 is 1.89 bits per heavy atom. The van der Waals surface area contributed by atoms with E-state index >= 15 is 0 Å². The third-order valence-corrected chi connectivity index (χ3v) is 5.66. The minimum Gasteiger partial charge on any atom is -0.396 e. The Morgan fingerprint density at radius 1 is 1.26 bits per heavy atom. The van der Waals surface area contributed by atoms with Crippen molar-refractivity contribution in [2.75, 3.05) is 19.7 Å². The summed E-state index contributed by atoms with van der Waals surface area (Å²) in [6, 6.07) is 0. The smallest absolute Gasteiger partial charge is 0.246 e. The van der Waals surface area contributed by atoms with Gasteiger partial charge in [-0.25, -0.2) is 8.42 Å². The third kappa shape index (κ3) is 2.68. The highest BCUT2D eigenvalue weighted by Crippen LogP contribution is 2.26. The van der Waals surface area contributed by atoms with E-state index in [9.17, 15) is 8.42 Å². The summed E-state index contributed by atoms with van der Waals surface area (Å²) >= 11 is 0. The number of aryl methyl sites for hydroxylation is 2. The number of hydrogen-bond acceptors (Lipinski definition) is 4. The Balaban J connectivity index is 2.36. The molecule has 7 heteroatoms. The van der Waals surface area contributed by atoms with Gasteiger partial charge in [0.05, 0.1) is 11.4 Å². The van der Waals surface area contributed by atoms with E-state index in [1.165, 1.54) is 0 Å². The van der Waals surface area contributed by atoms with Crippen LogP contribution in [0.4, 0.5) is 0 Å². The molecule has 1 N–H and O–H groups in total. The lowest BCUT2D eigenvalue weighted by Gasteiger charge is -2.15. The van der Waals surface area contributed by atoms with Crippen molar-refractivity contribution in [2.45, 2.75) is 44.6 Å². The molecule has 1 saturated heterocycles. The van der Waals surface area contributed by atoms with Crippen LogP contribution in [0.1, 0.15) is 30.7 Å². The predicted molar refractivity (Wildman–Crippen MR) is 71.4 cm³/mol. The molecule has 2 heterocycles. The van der Waals surface area contributed by atoms with Crippen molar-refractivity contribution in [3.8, 4) is 0 Å². The van der Waals surface area contributed by atoms with Gasteiger partial charge in [-0.1, -0.05) is 0 Å². The van der Waals surface area contributed by atoms with Crippen LogP contribution in [-0.4, -0.2) is 47.3 Å². The molecule has 1 fully saturated rings. The van der Waals surface area contributed by atoms with Gasteiger partial charge < -0.3 is 5.11 Å². The van der Waals surface area contributed by atoms with Crippen LogP contribution in [0.25, 0.3) is 0 Å². The van der Waals surface area contributed by atoms with Crippen LogP contribution in [-0.2, 0) is 16.6 Å². The molecule has 1 aromatic rings. The average Bonchev–Trinajstić information content (AvgIpc) is 2.95. The molecule has 0 amide bonds. The lowest BCUT2D eigenvalue weighted by molar-refractivity contribution is 0.276. The second-order valence-electron chi connectivity index (χ2n) is 4.91. The van der Waals surface area contributed by atoms with Gasteiger partial charge in [-0.05, 0) is 33.1 Å². The van der Waals surface area contributed by atoms with Gasteiger partial charge in [0, 0.05) is 26.2 Å². The molecule has 0 aliphatic carbocycles. The molecule has 0 atom stereocenters. The van der Waals surface area contributed by atoms with E-state index in [-0.39, 0.29) is 6.61 Å². The summed E-state index contributed by atoms with van der Waals surface area (Å²) < 4.78 is 28.4. The van der Waals surface area contributed by atoms with E-state index in [1.807, 2.05) is 0 Å². The summed E-state index contributed by atoms with van der Waals surface area (Å²) in [7, 11) is -3.42. The molecule has 19 heavy (non-hydrogen) atoms. The first-order chi connectivity index (χ1) is 8.98. The Morgan fingerprint density at radius 3 is 2.47 bits per heavy atom. The number of nitrogens with zero attached hydrogens (tertiary/aromatic N) is 3. The minimum atomic E-state index is -3.42. The Labute approximate surface area is 114 Å². The van der Waals surface area contributed by atoms with Crippen LogP contribution in [0.3, 0.4) is 0 Å². The average molecular weight is 287 g/mol. The molecule has 1 aromatic heterocycles. The van der Waals surface area contributed by atoms with E-state index in [2.05, 4.69) is 5.10 Å². The quantitative estimate of drug-likeness (QED) is 0.863. The fourth-order valence-corrected chi connectivity index (χ4v) is 4.44. The fraction of sp³-hybridized carbons (Fsp3) is 0.750. The molecule has 108 valence electrons. The fourth-order valence-electron chi connectivity index (χ4n) is 2.55. The lowest BCUT2D eigenvalue weighted by Crippen LogP contribution is -2.28. The first-order valence-corrected chi connectivity index (χ1v) is 8.07. The Kier molecular flexibility index (Phi) is 4.27. The monoisotopic (exact) mass is 287 g/mol. The first-order valence-electron chi connectivity index (χ1n) is 6.63. The Bertz CT molecular complexity index is 545. The van der Waals surface area contributed by atoms with Gasteiger partial charge in [0.25, 0.3) is 0 Å². The van der Waals surface area contributed by atoms with E-state index in [0.29, 0.717) is 42.3 Å². The summed E-state index contributed by atoms with van der Waals surface area (Å²) in [5.74, 6) is 0. The van der Waals surface area contributed by atoms with Crippen LogP contribution in [0.15, 0.2) is 4.90 Å². The molecular formula is C12H21N3O3S. The molecule has 1 aliphatic heterocycles. The van der Waals surface area contributed by atoms with Crippen LogP contribution < -0.4 is 0 Å². The molecular weight excluding hydrogens is 266 g/mol. The topological polar surface area (TPSA) is 75.4 Å². The molecule has 0 radical (unpaired) electrons. The molecule has 0 unspecified atom stereocenters. The van der Waals surface area contributed by atoms with Crippen LogP contribution in [0, 0.1) is 13.8 Å². The van der Waals surface area contributed by atoms with Crippen molar-refractivity contribution < 1.29 is 13.5 Å². The van der Waals surface area contributed by atoms with Crippen molar-refractivity contribution in [2.24, 2.45) is 0 Å². The van der Waals surface area contributed by atoms with Gasteiger partial charge in [0.1, 0.15) is 4.90 Å². The standard InChI is InChI=1S/C12H21N3O3S/c1-10-12(11(2)15(13-10)8-5-9-16)19(17,18)14-6-3-4-7-14/h16H,3-9H2,1-2H3. The van der Waals surface area contributed by atoms with E-state index in [0.717, 1.165) is 12.8 Å². The zero-order valence-electron chi connectivity index (χ0n) is 11.5. The SMILES string of the molecule is Cc1nn(CCCO)c(C)c1S(=O)(=O)N1CCCC1. The van der Waals surface area contributed by atoms with Gasteiger partial charge in [0.2, 0.25) is 10.0 Å². The second kappa shape index (κ2) is 5.60. The number of hydrogen-bond donors (Lipinski definition) is 1. The Hall–Kier alpha value is -0.920. The number of aromatic nitrogens is 2. The zero-order valence-corrected chi connectivity index (χ0v) is 12.3. The molecule has 1 aliphatic rings. The van der Waals surface area contributed by atoms with Gasteiger partial charge >= 0.3 is 0 Å². The molecule has 0 saturated carbocycles. The summed E-state index contributed by atoms with van der Waals surface area (Å²) in [6.45, 7) is 5.32. The molecule has 0 aromatic carbocycles. The molecule has 2 rings (SSSR count). The van der Waals surface area contributed by atoms with Crippen molar-refractivity contribution in [3.63, 3.8) is 0 Å². The minimum absolute atomic E-state index is 0.0759. The normalized spacial score (nSPS) is 17.2. The molecule has 0 spiro atoms. The summed E-state index contributed by atoms with van der Waals surface area (Å²) in [6.07, 6.45) is 2.43.